The lowest BCUT2D eigenvalue weighted by Gasteiger charge is -2.32. The number of carbonyl (C=O) groups is 1. The molecule has 0 fully saturated rings. The number of thioether (sulfide) groups is 1. The number of nitro groups is 1. The van der Waals surface area contributed by atoms with Crippen LogP contribution in [0.3, 0.4) is 0 Å². The number of furan rings is 1. The molecule has 0 aliphatic carbocycles. The Bertz CT molecular complexity index is 1430. The van der Waals surface area contributed by atoms with Crippen molar-refractivity contribution >= 4 is 34.2 Å². The van der Waals surface area contributed by atoms with Crippen molar-refractivity contribution in [1.82, 2.24) is 10.3 Å². The van der Waals surface area contributed by atoms with E-state index < -0.39 is 11.1 Å². The molecule has 5 rings (SSSR count). The Balaban J connectivity index is 1.57. The third-order valence-electron chi connectivity index (χ3n) is 5.47. The number of benzene rings is 2. The number of nitrogens with zero attached hydrogens (tertiary/aromatic N) is 4. The molecule has 3 aromatic rings. The van der Waals surface area contributed by atoms with E-state index in [0.29, 0.717) is 38.5 Å². The van der Waals surface area contributed by atoms with Crippen molar-refractivity contribution in [3.63, 3.8) is 0 Å². The Hall–Kier alpha value is -3.92. The summed E-state index contributed by atoms with van der Waals surface area (Å²) in [6, 6.07) is 17.2. The molecule has 1 N–H and O–H groups in total. The highest BCUT2D eigenvalue weighted by Crippen LogP contribution is 2.34. The van der Waals surface area contributed by atoms with Gasteiger partial charge in [0.05, 0.1) is 10.3 Å². The van der Waals surface area contributed by atoms with E-state index in [1.165, 1.54) is 23.9 Å². The maximum Gasteiger partial charge on any atom is 0.276 e. The van der Waals surface area contributed by atoms with Crippen molar-refractivity contribution in [1.29, 1.82) is 0 Å². The molecule has 1 amide bonds. The Morgan fingerprint density at radius 1 is 1.18 bits per heavy atom. The standard InChI is InChI=1S/C24H21N5O4S/c1-2-3-13-34-24-26-23(30)21-17-9-4-5-10-18(17)25-22(28(21)27-24)20-12-11-19(33-20)15-7-6-8-16(14-15)29(31)32/h4-12,14,22H,2-3,13H2,1H3,(H,26,27,30)/t22-/m0/s1. The van der Waals surface area contributed by atoms with Crippen LogP contribution in [0.1, 0.15) is 31.7 Å². The van der Waals surface area contributed by atoms with Crippen LogP contribution in [0.5, 0.6) is 0 Å². The number of non-ortho nitro benzene ring substituents is 1. The van der Waals surface area contributed by atoms with Crippen molar-refractivity contribution in [2.75, 3.05) is 5.75 Å². The monoisotopic (exact) mass is 475 g/mol. The quantitative estimate of drug-likeness (QED) is 0.331. The first-order valence-electron chi connectivity index (χ1n) is 10.9. The van der Waals surface area contributed by atoms with Gasteiger partial charge in [0.15, 0.2) is 10.9 Å². The minimum atomic E-state index is -0.690. The normalized spacial score (nSPS) is 16.8. The molecule has 0 unspecified atom stereocenters. The second-order valence-corrected chi connectivity index (χ2v) is 8.87. The highest BCUT2D eigenvalue weighted by molar-refractivity contribution is 8.13. The third kappa shape index (κ3) is 4.08. The number of carbonyl (C=O) groups excluding carboxylic acids is 1. The molecule has 0 radical (unpaired) electrons. The molecule has 0 saturated heterocycles. The number of nitrogens with one attached hydrogen (secondary N) is 1. The zero-order valence-corrected chi connectivity index (χ0v) is 19.1. The maximum atomic E-state index is 13.1. The smallest absolute Gasteiger partial charge is 0.276 e. The second kappa shape index (κ2) is 9.14. The van der Waals surface area contributed by atoms with Crippen molar-refractivity contribution in [3.8, 4) is 11.3 Å². The summed E-state index contributed by atoms with van der Waals surface area (Å²) in [6.07, 6.45) is 1.37. The fraction of sp³-hybridized carbons (Fsp3) is 0.208. The number of amides is 1. The zero-order chi connectivity index (χ0) is 23.7. The van der Waals surface area contributed by atoms with Gasteiger partial charge in [0.1, 0.15) is 11.5 Å². The molecular formula is C24H21N5O4S. The summed E-state index contributed by atoms with van der Waals surface area (Å²) in [6.45, 7) is 2.11. The number of unbranched alkanes of at least 4 members (excludes halogenated alkanes) is 1. The first-order valence-corrected chi connectivity index (χ1v) is 11.9. The Kier molecular flexibility index (Phi) is 5.89. The summed E-state index contributed by atoms with van der Waals surface area (Å²) < 4.78 is 6.10. The van der Waals surface area contributed by atoms with Crippen molar-refractivity contribution < 1.29 is 14.1 Å². The van der Waals surface area contributed by atoms with Gasteiger partial charge in [-0.2, -0.15) is 0 Å². The average Bonchev–Trinajstić information content (AvgIpc) is 3.34. The number of hydrazone groups is 1. The molecule has 2 aliphatic rings. The van der Waals surface area contributed by atoms with Crippen LogP contribution in [-0.2, 0) is 4.79 Å². The summed E-state index contributed by atoms with van der Waals surface area (Å²) in [5.41, 5.74) is 0.966. The van der Waals surface area contributed by atoms with Gasteiger partial charge in [-0.3, -0.25) is 20.2 Å². The predicted molar refractivity (Wildman–Crippen MR) is 129 cm³/mol. The molecule has 2 aromatic carbocycles. The molecule has 3 heterocycles. The van der Waals surface area contributed by atoms with Gasteiger partial charge in [-0.05, 0) is 24.6 Å². The molecule has 0 spiro atoms. The number of rotatable bonds is 6. The lowest BCUT2D eigenvalue weighted by molar-refractivity contribution is -0.384. The summed E-state index contributed by atoms with van der Waals surface area (Å²) >= 11 is 1.49. The first-order chi connectivity index (χ1) is 16.5. The van der Waals surface area contributed by atoms with E-state index in [1.54, 1.807) is 29.3 Å². The van der Waals surface area contributed by atoms with Gasteiger partial charge in [0.25, 0.3) is 11.6 Å². The van der Waals surface area contributed by atoms with Crippen molar-refractivity contribution in [3.05, 3.63) is 87.1 Å². The number of amidine groups is 1. The lowest BCUT2D eigenvalue weighted by atomic mass is 10.1. The van der Waals surface area contributed by atoms with Crippen molar-refractivity contribution in [2.24, 2.45) is 10.1 Å². The number of para-hydroxylation sites is 1. The SMILES string of the molecule is CCCCSC1=NN2C(=c3ccccc3=N[C@@H]2c2ccc(-c3cccc([N+](=O)[O-])c3)o2)C(=O)N1. The molecule has 10 heteroatoms. The molecule has 1 atom stereocenters. The first kappa shape index (κ1) is 21.9. The van der Waals surface area contributed by atoms with Gasteiger partial charge in [-0.1, -0.05) is 55.4 Å². The van der Waals surface area contributed by atoms with Gasteiger partial charge in [0.2, 0.25) is 6.17 Å². The molecule has 2 aliphatic heterocycles. The van der Waals surface area contributed by atoms with Gasteiger partial charge < -0.3 is 4.42 Å². The Labute approximate surface area is 199 Å². The molecule has 9 nitrogen and oxygen atoms in total. The lowest BCUT2D eigenvalue weighted by Crippen LogP contribution is -2.50. The van der Waals surface area contributed by atoms with E-state index in [0.717, 1.165) is 18.6 Å². The predicted octanol–water partition coefficient (Wildman–Crippen LogP) is 3.53. The summed E-state index contributed by atoms with van der Waals surface area (Å²) in [5.74, 6) is 1.54. The van der Waals surface area contributed by atoms with Crippen LogP contribution in [0.2, 0.25) is 0 Å². The van der Waals surface area contributed by atoms with E-state index >= 15 is 0 Å². The highest BCUT2D eigenvalue weighted by Gasteiger charge is 2.36. The van der Waals surface area contributed by atoms with Gasteiger partial charge in [-0.25, -0.2) is 10.0 Å². The topological polar surface area (TPSA) is 113 Å². The van der Waals surface area contributed by atoms with E-state index in [1.807, 2.05) is 24.3 Å². The van der Waals surface area contributed by atoms with Crippen molar-refractivity contribution in [2.45, 2.75) is 25.9 Å². The number of hydrogen-bond acceptors (Lipinski definition) is 8. The molecule has 0 bridgehead atoms. The van der Waals surface area contributed by atoms with Crippen LogP contribution in [0.25, 0.3) is 17.0 Å². The van der Waals surface area contributed by atoms with E-state index in [9.17, 15) is 14.9 Å². The van der Waals surface area contributed by atoms with Gasteiger partial charge in [-0.15, -0.1) is 5.10 Å². The second-order valence-electron chi connectivity index (χ2n) is 7.78. The number of hydrogen-bond donors (Lipinski definition) is 1. The largest absolute Gasteiger partial charge is 0.457 e. The van der Waals surface area contributed by atoms with E-state index in [-0.39, 0.29) is 11.6 Å². The van der Waals surface area contributed by atoms with Crippen LogP contribution >= 0.6 is 11.8 Å². The fourth-order valence-corrected chi connectivity index (χ4v) is 4.75. The van der Waals surface area contributed by atoms with Crippen LogP contribution < -0.4 is 15.9 Å². The summed E-state index contributed by atoms with van der Waals surface area (Å²) in [4.78, 5) is 28.7. The van der Waals surface area contributed by atoms with Crippen LogP contribution in [0.4, 0.5) is 5.69 Å². The molecular weight excluding hydrogens is 454 g/mol. The highest BCUT2D eigenvalue weighted by atomic mass is 32.2. The molecule has 34 heavy (non-hydrogen) atoms. The molecule has 1 aromatic heterocycles. The Morgan fingerprint density at radius 2 is 2.03 bits per heavy atom. The molecule has 172 valence electrons. The minimum absolute atomic E-state index is 0.0200. The van der Waals surface area contributed by atoms with Crippen LogP contribution in [-0.4, -0.2) is 26.8 Å². The fourth-order valence-electron chi connectivity index (χ4n) is 3.81. The zero-order valence-electron chi connectivity index (χ0n) is 18.3. The number of nitro benzene ring substituents is 1. The maximum absolute atomic E-state index is 13.1. The average molecular weight is 476 g/mol. The third-order valence-corrected chi connectivity index (χ3v) is 6.42. The van der Waals surface area contributed by atoms with Gasteiger partial charge >= 0.3 is 0 Å². The van der Waals surface area contributed by atoms with Gasteiger partial charge in [0, 0.05) is 28.7 Å². The summed E-state index contributed by atoms with van der Waals surface area (Å²) in [5, 5.41) is 22.2. The Morgan fingerprint density at radius 3 is 2.85 bits per heavy atom. The van der Waals surface area contributed by atoms with E-state index in [2.05, 4.69) is 12.2 Å². The minimum Gasteiger partial charge on any atom is -0.457 e. The summed E-state index contributed by atoms with van der Waals surface area (Å²) in [7, 11) is 0. The number of fused-ring (bicyclic) bond motifs is 2. The van der Waals surface area contributed by atoms with E-state index in [4.69, 9.17) is 14.5 Å². The van der Waals surface area contributed by atoms with Crippen LogP contribution in [0, 0.1) is 10.1 Å². The molecule has 0 saturated carbocycles. The van der Waals surface area contributed by atoms with Crippen LogP contribution in [0.15, 0.2) is 75.2 Å².